The first kappa shape index (κ1) is 15.0. The van der Waals surface area contributed by atoms with Crippen LogP contribution in [0.25, 0.3) is 0 Å². The van der Waals surface area contributed by atoms with Crippen LogP contribution in [0.15, 0.2) is 29.2 Å². The Morgan fingerprint density at radius 3 is 2.80 bits per heavy atom. The number of carbonyl (C=O) groups is 1. The van der Waals surface area contributed by atoms with Gasteiger partial charge < -0.3 is 10.6 Å². The molecule has 0 bridgehead atoms. The van der Waals surface area contributed by atoms with Gasteiger partial charge in [0.2, 0.25) is 5.91 Å². The topological polar surface area (TPSA) is 75.3 Å². The number of para-hydroxylation sites is 1. The summed E-state index contributed by atoms with van der Waals surface area (Å²) >= 11 is 0. The van der Waals surface area contributed by atoms with E-state index >= 15 is 0 Å². The number of carbonyl (C=O) groups excluding carboxylic acids is 1. The largest absolute Gasteiger partial charge is 0.325 e. The Labute approximate surface area is 119 Å². The molecular formula is C14H20N2O3S. The smallest absolute Gasteiger partial charge is 0.224 e. The Morgan fingerprint density at radius 2 is 2.15 bits per heavy atom. The van der Waals surface area contributed by atoms with E-state index in [1.54, 1.807) is 25.1 Å². The first-order valence-corrected chi connectivity index (χ1v) is 8.50. The van der Waals surface area contributed by atoms with Gasteiger partial charge in [0, 0.05) is 6.42 Å². The molecular weight excluding hydrogens is 276 g/mol. The molecule has 2 rings (SSSR count). The zero-order valence-electron chi connectivity index (χ0n) is 11.6. The molecule has 1 atom stereocenters. The summed E-state index contributed by atoms with van der Waals surface area (Å²) < 4.78 is 24.0. The summed E-state index contributed by atoms with van der Waals surface area (Å²) in [5.74, 6) is 0.231. The molecule has 1 aliphatic heterocycles. The van der Waals surface area contributed by atoms with Crippen LogP contribution in [-0.2, 0) is 14.6 Å². The monoisotopic (exact) mass is 296 g/mol. The lowest BCUT2D eigenvalue weighted by atomic mass is 10.0. The minimum atomic E-state index is -3.33. The average molecular weight is 296 g/mol. The van der Waals surface area contributed by atoms with Gasteiger partial charge >= 0.3 is 0 Å². The van der Waals surface area contributed by atoms with Crippen LogP contribution < -0.4 is 10.6 Å². The van der Waals surface area contributed by atoms with E-state index in [9.17, 15) is 13.2 Å². The SMILES string of the molecule is CCS(=O)(=O)c1ccccc1NC(=O)CC1CCNC1. The zero-order chi connectivity index (χ0) is 14.6. The van der Waals surface area contributed by atoms with Crippen molar-refractivity contribution < 1.29 is 13.2 Å². The van der Waals surface area contributed by atoms with Crippen molar-refractivity contribution in [2.45, 2.75) is 24.7 Å². The number of hydrogen-bond donors (Lipinski definition) is 2. The third kappa shape index (κ3) is 3.58. The highest BCUT2D eigenvalue weighted by Crippen LogP contribution is 2.23. The highest BCUT2D eigenvalue weighted by atomic mass is 32.2. The summed E-state index contributed by atoms with van der Waals surface area (Å²) in [6, 6.07) is 6.55. The molecule has 1 amide bonds. The highest BCUT2D eigenvalue weighted by molar-refractivity contribution is 7.91. The van der Waals surface area contributed by atoms with Crippen LogP contribution in [0.5, 0.6) is 0 Å². The van der Waals surface area contributed by atoms with Crippen molar-refractivity contribution in [1.29, 1.82) is 0 Å². The van der Waals surface area contributed by atoms with Gasteiger partial charge in [0.15, 0.2) is 9.84 Å². The van der Waals surface area contributed by atoms with E-state index in [-0.39, 0.29) is 16.6 Å². The molecule has 0 aliphatic carbocycles. The van der Waals surface area contributed by atoms with E-state index in [0.717, 1.165) is 19.5 Å². The molecule has 0 radical (unpaired) electrons. The van der Waals surface area contributed by atoms with Crippen LogP contribution >= 0.6 is 0 Å². The summed E-state index contributed by atoms with van der Waals surface area (Å²) in [4.78, 5) is 12.2. The molecule has 1 fully saturated rings. The van der Waals surface area contributed by atoms with E-state index in [1.807, 2.05) is 0 Å². The van der Waals surface area contributed by atoms with Crippen LogP contribution in [0, 0.1) is 5.92 Å². The lowest BCUT2D eigenvalue weighted by Crippen LogP contribution is -2.19. The Balaban J connectivity index is 2.11. The van der Waals surface area contributed by atoms with Gasteiger partial charge in [-0.15, -0.1) is 0 Å². The number of amides is 1. The summed E-state index contributed by atoms with van der Waals surface area (Å²) in [5, 5.41) is 5.94. The van der Waals surface area contributed by atoms with E-state index in [4.69, 9.17) is 0 Å². The molecule has 1 aliphatic rings. The first-order chi connectivity index (χ1) is 9.53. The Bertz CT molecular complexity index is 578. The lowest BCUT2D eigenvalue weighted by Gasteiger charge is -2.12. The Hall–Kier alpha value is -1.40. The van der Waals surface area contributed by atoms with Gasteiger partial charge in [-0.25, -0.2) is 8.42 Å². The Morgan fingerprint density at radius 1 is 1.40 bits per heavy atom. The molecule has 5 nitrogen and oxygen atoms in total. The second kappa shape index (κ2) is 6.37. The van der Waals surface area contributed by atoms with Gasteiger partial charge in [0.05, 0.1) is 16.3 Å². The van der Waals surface area contributed by atoms with Crippen molar-refractivity contribution in [1.82, 2.24) is 5.32 Å². The van der Waals surface area contributed by atoms with Crippen LogP contribution in [0.4, 0.5) is 5.69 Å². The standard InChI is InChI=1S/C14H20N2O3S/c1-2-20(18,19)13-6-4-3-5-12(13)16-14(17)9-11-7-8-15-10-11/h3-6,11,15H,2,7-10H2,1H3,(H,16,17). The van der Waals surface area contributed by atoms with E-state index in [2.05, 4.69) is 10.6 Å². The minimum Gasteiger partial charge on any atom is -0.325 e. The molecule has 0 saturated carbocycles. The predicted molar refractivity (Wildman–Crippen MR) is 78.4 cm³/mol. The van der Waals surface area contributed by atoms with Crippen LogP contribution in [-0.4, -0.2) is 33.2 Å². The first-order valence-electron chi connectivity index (χ1n) is 6.85. The fourth-order valence-electron chi connectivity index (χ4n) is 2.35. The molecule has 1 aromatic carbocycles. The summed E-state index contributed by atoms with van der Waals surface area (Å²) in [7, 11) is -3.33. The predicted octanol–water partition coefficient (Wildman–Crippen LogP) is 1.42. The third-order valence-electron chi connectivity index (χ3n) is 3.51. The van der Waals surface area contributed by atoms with Gasteiger partial charge in [-0.1, -0.05) is 19.1 Å². The van der Waals surface area contributed by atoms with Gasteiger partial charge in [-0.3, -0.25) is 4.79 Å². The molecule has 1 unspecified atom stereocenters. The maximum atomic E-state index is 12.0. The molecule has 0 spiro atoms. The minimum absolute atomic E-state index is 0.0203. The maximum absolute atomic E-state index is 12.0. The zero-order valence-corrected chi connectivity index (χ0v) is 12.4. The van der Waals surface area contributed by atoms with Crippen molar-refractivity contribution >= 4 is 21.4 Å². The van der Waals surface area contributed by atoms with Crippen LogP contribution in [0.2, 0.25) is 0 Å². The number of hydrogen-bond acceptors (Lipinski definition) is 4. The van der Waals surface area contributed by atoms with Gasteiger partial charge in [0.25, 0.3) is 0 Å². The maximum Gasteiger partial charge on any atom is 0.224 e. The van der Waals surface area contributed by atoms with Crippen molar-refractivity contribution in [2.75, 3.05) is 24.2 Å². The van der Waals surface area contributed by atoms with Crippen molar-refractivity contribution in [3.8, 4) is 0 Å². The Kier molecular flexibility index (Phi) is 4.77. The lowest BCUT2D eigenvalue weighted by molar-refractivity contribution is -0.117. The van der Waals surface area contributed by atoms with Crippen LogP contribution in [0.1, 0.15) is 19.8 Å². The molecule has 20 heavy (non-hydrogen) atoms. The number of anilines is 1. The second-order valence-corrected chi connectivity index (χ2v) is 7.26. The van der Waals surface area contributed by atoms with Gasteiger partial charge in [-0.05, 0) is 37.6 Å². The quantitative estimate of drug-likeness (QED) is 0.861. The fourth-order valence-corrected chi connectivity index (χ4v) is 3.40. The third-order valence-corrected chi connectivity index (χ3v) is 5.30. The normalized spacial score (nSPS) is 18.9. The fraction of sp³-hybridized carbons (Fsp3) is 0.500. The second-order valence-electron chi connectivity index (χ2n) is 5.01. The van der Waals surface area contributed by atoms with Crippen molar-refractivity contribution in [3.63, 3.8) is 0 Å². The molecule has 110 valence electrons. The molecule has 2 N–H and O–H groups in total. The highest BCUT2D eigenvalue weighted by Gasteiger charge is 2.21. The molecule has 6 heteroatoms. The van der Waals surface area contributed by atoms with Crippen molar-refractivity contribution in [2.24, 2.45) is 5.92 Å². The van der Waals surface area contributed by atoms with Crippen molar-refractivity contribution in [3.05, 3.63) is 24.3 Å². The average Bonchev–Trinajstić information content (AvgIpc) is 2.92. The van der Waals surface area contributed by atoms with E-state index < -0.39 is 9.84 Å². The molecule has 0 aromatic heterocycles. The number of sulfone groups is 1. The summed E-state index contributed by atoms with van der Waals surface area (Å²) in [6.07, 6.45) is 1.41. The van der Waals surface area contributed by atoms with E-state index in [0.29, 0.717) is 18.0 Å². The number of rotatable bonds is 5. The molecule has 1 saturated heterocycles. The molecule has 1 aromatic rings. The molecule has 1 heterocycles. The number of nitrogens with one attached hydrogen (secondary N) is 2. The van der Waals surface area contributed by atoms with E-state index in [1.165, 1.54) is 6.07 Å². The number of benzene rings is 1. The van der Waals surface area contributed by atoms with Gasteiger partial charge in [0.1, 0.15) is 0 Å². The van der Waals surface area contributed by atoms with Gasteiger partial charge in [-0.2, -0.15) is 0 Å². The summed E-state index contributed by atoms with van der Waals surface area (Å²) in [6.45, 7) is 3.39. The summed E-state index contributed by atoms with van der Waals surface area (Å²) in [5.41, 5.74) is 0.380. The van der Waals surface area contributed by atoms with Crippen LogP contribution in [0.3, 0.4) is 0 Å².